The maximum Gasteiger partial charge on any atom is 0.216 e. The normalized spacial score (nSPS) is 13.1. The van der Waals surface area contributed by atoms with Crippen LogP contribution < -0.4 is 4.74 Å². The van der Waals surface area contributed by atoms with Gasteiger partial charge in [-0.3, -0.25) is 0 Å². The smallest absolute Gasteiger partial charge is 0.216 e. The van der Waals surface area contributed by atoms with Crippen molar-refractivity contribution in [2.45, 2.75) is 25.7 Å². The van der Waals surface area contributed by atoms with Crippen LogP contribution in [0.5, 0.6) is 5.88 Å². The molecule has 1 unspecified atom stereocenters. The van der Waals surface area contributed by atoms with Gasteiger partial charge in [-0.15, -0.1) is 0 Å². The van der Waals surface area contributed by atoms with Gasteiger partial charge in [0.15, 0.2) is 0 Å². The summed E-state index contributed by atoms with van der Waals surface area (Å²) >= 11 is 0. The van der Waals surface area contributed by atoms with Gasteiger partial charge in [0, 0.05) is 10.9 Å². The molecule has 0 bridgehead atoms. The van der Waals surface area contributed by atoms with Crippen molar-refractivity contribution >= 4 is 23.1 Å². The number of benzene rings is 3. The highest BCUT2D eigenvalue weighted by Crippen LogP contribution is 2.31. The Labute approximate surface area is 189 Å². The van der Waals surface area contributed by atoms with E-state index in [0.29, 0.717) is 12.3 Å². The van der Waals surface area contributed by atoms with Gasteiger partial charge in [0.05, 0.1) is 24.1 Å². The number of aryl methyl sites for hydroxylation is 1. The molecule has 3 heteroatoms. The Kier molecular flexibility index (Phi) is 6.05. The summed E-state index contributed by atoms with van der Waals surface area (Å²) in [5, 5.41) is 11.2. The Morgan fingerprint density at radius 1 is 0.938 bits per heavy atom. The van der Waals surface area contributed by atoms with E-state index in [0.717, 1.165) is 38.7 Å². The average Bonchev–Trinajstić information content (AvgIpc) is 2.83. The van der Waals surface area contributed by atoms with Crippen LogP contribution >= 0.6 is 0 Å². The fourth-order valence-corrected chi connectivity index (χ4v) is 3.98. The van der Waals surface area contributed by atoms with Crippen molar-refractivity contribution in [3.05, 3.63) is 107 Å². The van der Waals surface area contributed by atoms with Gasteiger partial charge in [0.1, 0.15) is 0 Å². The van der Waals surface area contributed by atoms with Crippen LogP contribution in [0, 0.1) is 18.3 Å². The van der Waals surface area contributed by atoms with Gasteiger partial charge in [-0.05, 0) is 54.7 Å². The Morgan fingerprint density at radius 2 is 1.69 bits per heavy atom. The van der Waals surface area contributed by atoms with Gasteiger partial charge < -0.3 is 4.74 Å². The van der Waals surface area contributed by atoms with Crippen molar-refractivity contribution < 1.29 is 4.74 Å². The molecule has 0 fully saturated rings. The van der Waals surface area contributed by atoms with Gasteiger partial charge in [0.25, 0.3) is 0 Å². The second kappa shape index (κ2) is 9.08. The second-order valence-corrected chi connectivity index (χ2v) is 8.33. The van der Waals surface area contributed by atoms with Crippen LogP contribution in [0.25, 0.3) is 23.1 Å². The fraction of sp³-hybridized carbons (Fsp3) is 0.172. The van der Waals surface area contributed by atoms with Gasteiger partial charge in [-0.2, -0.15) is 5.26 Å². The summed E-state index contributed by atoms with van der Waals surface area (Å²) in [6.07, 6.45) is 4.83. The highest BCUT2D eigenvalue weighted by Gasteiger charge is 2.27. The second-order valence-electron chi connectivity index (χ2n) is 8.33. The molecule has 0 aliphatic carbocycles. The minimum Gasteiger partial charge on any atom is -0.481 e. The lowest BCUT2D eigenvalue weighted by molar-refractivity contribution is 0.396. The molecule has 4 aromatic rings. The Bertz CT molecular complexity index is 1320. The number of rotatable bonds is 6. The zero-order chi connectivity index (χ0) is 22.6. The van der Waals surface area contributed by atoms with Crippen LogP contribution in [-0.4, -0.2) is 12.1 Å². The number of pyridine rings is 1. The predicted molar refractivity (Wildman–Crippen MR) is 132 cm³/mol. The third-order valence-corrected chi connectivity index (χ3v) is 5.82. The number of ether oxygens (including phenoxy) is 1. The average molecular weight is 419 g/mol. The number of fused-ring (bicyclic) bond motifs is 1. The number of nitrogens with zero attached hydrogens (tertiary/aromatic N) is 2. The minimum absolute atomic E-state index is 0.616. The Balaban J connectivity index is 1.63. The van der Waals surface area contributed by atoms with E-state index in [9.17, 15) is 5.26 Å². The molecule has 0 N–H and O–H groups in total. The first-order chi connectivity index (χ1) is 15.5. The SMILES string of the molecule is COc1nc2cc(C(C)(C#N)Cc3cccc(/C=C\c4ccccc4)c3)ccc2cc1C. The standard InChI is InChI=1S/C29H26N2O/c1-21-16-25-14-15-26(18-27(25)31-28(21)32-3)29(2,20-30)19-24-11-7-10-23(17-24)13-12-22-8-5-4-6-9-22/h4-18H,19H2,1-3H3/b13-12-. The van der Waals surface area contributed by atoms with Gasteiger partial charge >= 0.3 is 0 Å². The first-order valence-electron chi connectivity index (χ1n) is 10.7. The highest BCUT2D eigenvalue weighted by atomic mass is 16.5. The van der Waals surface area contributed by atoms with Crippen LogP contribution in [0.3, 0.4) is 0 Å². The van der Waals surface area contributed by atoms with E-state index in [4.69, 9.17) is 4.74 Å². The van der Waals surface area contributed by atoms with Crippen LogP contribution in [0.4, 0.5) is 0 Å². The lowest BCUT2D eigenvalue weighted by Gasteiger charge is -2.23. The molecule has 1 heterocycles. The lowest BCUT2D eigenvalue weighted by Crippen LogP contribution is -2.23. The fourth-order valence-electron chi connectivity index (χ4n) is 3.98. The number of aromatic nitrogens is 1. The molecule has 0 aliphatic heterocycles. The first-order valence-corrected chi connectivity index (χ1v) is 10.7. The summed E-state index contributed by atoms with van der Waals surface area (Å²) in [4.78, 5) is 4.64. The van der Waals surface area contributed by atoms with E-state index in [1.807, 2.05) is 56.3 Å². The highest BCUT2D eigenvalue weighted by molar-refractivity contribution is 5.81. The zero-order valence-electron chi connectivity index (χ0n) is 18.7. The summed E-state index contributed by atoms with van der Waals surface area (Å²) < 4.78 is 5.39. The zero-order valence-corrected chi connectivity index (χ0v) is 18.7. The summed E-state index contributed by atoms with van der Waals surface area (Å²) in [5.41, 5.74) is 5.52. The molecule has 0 saturated heterocycles. The monoisotopic (exact) mass is 418 g/mol. The van der Waals surface area contributed by atoms with Crippen molar-refractivity contribution in [3.63, 3.8) is 0 Å². The van der Waals surface area contributed by atoms with Crippen molar-refractivity contribution in [1.82, 2.24) is 4.98 Å². The Morgan fingerprint density at radius 3 is 2.44 bits per heavy atom. The number of hydrogen-bond acceptors (Lipinski definition) is 3. The Hall–Kier alpha value is -3.90. The largest absolute Gasteiger partial charge is 0.481 e. The van der Waals surface area contributed by atoms with E-state index in [1.165, 1.54) is 0 Å². The third-order valence-electron chi connectivity index (χ3n) is 5.82. The van der Waals surface area contributed by atoms with Gasteiger partial charge in [-0.25, -0.2) is 4.98 Å². The summed E-state index contributed by atoms with van der Waals surface area (Å²) in [5.74, 6) is 0.617. The molecule has 0 spiro atoms. The lowest BCUT2D eigenvalue weighted by atomic mass is 9.78. The van der Waals surface area contributed by atoms with E-state index in [-0.39, 0.29) is 0 Å². The predicted octanol–water partition coefficient (Wildman–Crippen LogP) is 6.75. The molecule has 0 saturated carbocycles. The van der Waals surface area contributed by atoms with Crippen molar-refractivity contribution in [3.8, 4) is 11.9 Å². The number of hydrogen-bond donors (Lipinski definition) is 0. The maximum atomic E-state index is 10.1. The van der Waals surface area contributed by atoms with E-state index in [1.54, 1.807) is 7.11 Å². The summed E-state index contributed by atoms with van der Waals surface area (Å²) in [6.45, 7) is 3.98. The van der Waals surface area contributed by atoms with Crippen LogP contribution in [0.1, 0.15) is 34.7 Å². The van der Waals surface area contributed by atoms with Crippen LogP contribution in [0.15, 0.2) is 78.9 Å². The van der Waals surface area contributed by atoms with Gasteiger partial charge in [0.2, 0.25) is 5.88 Å². The molecule has 3 nitrogen and oxygen atoms in total. The van der Waals surface area contributed by atoms with Gasteiger partial charge in [-0.1, -0.05) is 78.9 Å². The molecule has 3 aromatic carbocycles. The first kappa shape index (κ1) is 21.3. The molecule has 32 heavy (non-hydrogen) atoms. The molecule has 1 atom stereocenters. The molecular weight excluding hydrogens is 392 g/mol. The number of methoxy groups -OCH3 is 1. The number of nitriles is 1. The molecule has 158 valence electrons. The van der Waals surface area contributed by atoms with E-state index >= 15 is 0 Å². The summed E-state index contributed by atoms with van der Waals surface area (Å²) in [7, 11) is 1.63. The molecule has 4 rings (SSSR count). The van der Waals surface area contributed by atoms with E-state index < -0.39 is 5.41 Å². The van der Waals surface area contributed by atoms with Crippen LogP contribution in [0.2, 0.25) is 0 Å². The molecule has 1 aromatic heterocycles. The van der Waals surface area contributed by atoms with Crippen molar-refractivity contribution in [1.29, 1.82) is 5.26 Å². The minimum atomic E-state index is -0.671. The third kappa shape index (κ3) is 4.55. The molecule has 0 aliphatic rings. The molecule has 0 amide bonds. The maximum absolute atomic E-state index is 10.1. The van der Waals surface area contributed by atoms with E-state index in [2.05, 4.69) is 59.6 Å². The molecular formula is C29H26N2O. The quantitative estimate of drug-likeness (QED) is 0.326. The molecule has 0 radical (unpaired) electrons. The summed E-state index contributed by atoms with van der Waals surface area (Å²) in [6, 6.07) is 29.3. The van der Waals surface area contributed by atoms with Crippen molar-refractivity contribution in [2.75, 3.05) is 7.11 Å². The topological polar surface area (TPSA) is 45.9 Å². The van der Waals surface area contributed by atoms with Crippen molar-refractivity contribution in [2.24, 2.45) is 0 Å². The van der Waals surface area contributed by atoms with Crippen LogP contribution in [-0.2, 0) is 11.8 Å².